The molecule has 0 bridgehead atoms. The summed E-state index contributed by atoms with van der Waals surface area (Å²) in [5.41, 5.74) is 6.86. The van der Waals surface area contributed by atoms with Crippen LogP contribution in [0.1, 0.15) is 48.5 Å². The predicted molar refractivity (Wildman–Crippen MR) is 96.1 cm³/mol. The molecular formula is C18H24ClN3O3. The number of halogens is 1. The van der Waals surface area contributed by atoms with Crippen LogP contribution in [0.25, 0.3) is 0 Å². The predicted octanol–water partition coefficient (Wildman–Crippen LogP) is 1.61. The molecule has 2 fully saturated rings. The second-order valence-corrected chi connectivity index (χ2v) is 6.92. The summed E-state index contributed by atoms with van der Waals surface area (Å²) in [5.74, 6) is 0.0440. The molecule has 1 saturated heterocycles. The molecule has 1 heterocycles. The maximum atomic E-state index is 12.4. The van der Waals surface area contributed by atoms with Crippen molar-refractivity contribution in [3.05, 3.63) is 35.4 Å². The topological polar surface area (TPSA) is 92.5 Å². The molecular weight excluding hydrogens is 342 g/mol. The summed E-state index contributed by atoms with van der Waals surface area (Å²) < 4.78 is 0. The minimum absolute atomic E-state index is 0. The molecule has 0 aromatic heterocycles. The number of benzene rings is 1. The first-order chi connectivity index (χ1) is 11.4. The zero-order chi connectivity index (χ0) is 17.3. The molecule has 1 aromatic carbocycles. The first-order valence-electron chi connectivity index (χ1n) is 8.37. The lowest BCUT2D eigenvalue weighted by atomic mass is 9.95. The van der Waals surface area contributed by atoms with Gasteiger partial charge in [0.15, 0.2) is 0 Å². The molecule has 2 aliphatic rings. The van der Waals surface area contributed by atoms with Gasteiger partial charge in [-0.25, -0.2) is 0 Å². The number of hydrogen-bond acceptors (Lipinski definition) is 4. The molecule has 0 spiro atoms. The number of nitrogens with zero attached hydrogens (tertiary/aromatic N) is 1. The molecule has 1 saturated carbocycles. The number of nitrogens with one attached hydrogen (secondary N) is 1. The van der Waals surface area contributed by atoms with Gasteiger partial charge in [-0.3, -0.25) is 19.3 Å². The van der Waals surface area contributed by atoms with Crippen LogP contribution in [0.4, 0.5) is 0 Å². The third-order valence-corrected chi connectivity index (χ3v) is 5.01. The number of carbonyl (C=O) groups is 3. The number of carbonyl (C=O) groups excluding carboxylic acids is 3. The molecule has 1 unspecified atom stereocenters. The van der Waals surface area contributed by atoms with E-state index in [4.69, 9.17) is 5.73 Å². The summed E-state index contributed by atoms with van der Waals surface area (Å²) in [5, 5.41) is 3.05. The van der Waals surface area contributed by atoms with Gasteiger partial charge in [-0.2, -0.15) is 0 Å². The van der Waals surface area contributed by atoms with Crippen LogP contribution in [-0.4, -0.2) is 34.7 Å². The van der Waals surface area contributed by atoms with Crippen LogP contribution in [0.3, 0.4) is 0 Å². The highest BCUT2D eigenvalue weighted by Gasteiger charge is 2.41. The van der Waals surface area contributed by atoms with Gasteiger partial charge in [-0.05, 0) is 43.4 Å². The fourth-order valence-corrected chi connectivity index (χ4v) is 3.12. The van der Waals surface area contributed by atoms with Gasteiger partial charge >= 0.3 is 0 Å². The first kappa shape index (κ1) is 19.4. The first-order valence-corrected chi connectivity index (χ1v) is 8.37. The lowest BCUT2D eigenvalue weighted by Crippen LogP contribution is -2.53. The second-order valence-electron chi connectivity index (χ2n) is 6.92. The molecule has 3 rings (SSSR count). The quantitative estimate of drug-likeness (QED) is 0.749. The summed E-state index contributed by atoms with van der Waals surface area (Å²) in [7, 11) is 0. The van der Waals surface area contributed by atoms with Crippen molar-refractivity contribution in [3.63, 3.8) is 0 Å². The molecule has 3 amide bonds. The van der Waals surface area contributed by atoms with Crippen LogP contribution in [-0.2, 0) is 16.1 Å². The standard InChI is InChI=1S/C18H23N3O3.ClH/c1-18(11-19,14-6-7-14)20-17(24)13-4-2-12(3-5-13)10-21-15(22)8-9-16(21)23;/h2-5,14H,6-11,19H2,1H3,(H,20,24);1H. The van der Waals surface area contributed by atoms with Crippen molar-refractivity contribution in [1.82, 2.24) is 10.2 Å². The van der Waals surface area contributed by atoms with E-state index in [2.05, 4.69) is 5.32 Å². The zero-order valence-corrected chi connectivity index (χ0v) is 15.1. The molecule has 3 N–H and O–H groups in total. The smallest absolute Gasteiger partial charge is 0.251 e. The highest BCUT2D eigenvalue weighted by atomic mass is 35.5. The van der Waals surface area contributed by atoms with Gasteiger partial charge in [-0.1, -0.05) is 12.1 Å². The number of amides is 3. The van der Waals surface area contributed by atoms with Gasteiger partial charge in [-0.15, -0.1) is 12.4 Å². The van der Waals surface area contributed by atoms with Crippen molar-refractivity contribution in [1.29, 1.82) is 0 Å². The fourth-order valence-electron chi connectivity index (χ4n) is 3.12. The largest absolute Gasteiger partial charge is 0.345 e. The number of rotatable bonds is 6. The van der Waals surface area contributed by atoms with E-state index in [1.54, 1.807) is 24.3 Å². The lowest BCUT2D eigenvalue weighted by Gasteiger charge is -2.29. The Labute approximate surface area is 153 Å². The van der Waals surface area contributed by atoms with Crippen molar-refractivity contribution in [2.24, 2.45) is 11.7 Å². The minimum Gasteiger partial charge on any atom is -0.345 e. The number of imide groups is 1. The maximum absolute atomic E-state index is 12.4. The van der Waals surface area contributed by atoms with E-state index in [0.29, 0.717) is 18.0 Å². The third-order valence-electron chi connectivity index (χ3n) is 5.01. The average molecular weight is 366 g/mol. The summed E-state index contributed by atoms with van der Waals surface area (Å²) in [6, 6.07) is 7.01. The van der Waals surface area contributed by atoms with E-state index in [0.717, 1.165) is 18.4 Å². The van der Waals surface area contributed by atoms with Gasteiger partial charge in [0, 0.05) is 24.9 Å². The van der Waals surface area contributed by atoms with E-state index >= 15 is 0 Å². The van der Waals surface area contributed by atoms with Gasteiger partial charge in [0.25, 0.3) is 5.91 Å². The van der Waals surface area contributed by atoms with E-state index in [1.807, 2.05) is 6.92 Å². The molecule has 1 atom stereocenters. The molecule has 0 radical (unpaired) electrons. The van der Waals surface area contributed by atoms with Crippen molar-refractivity contribution in [3.8, 4) is 0 Å². The SMILES string of the molecule is CC(CN)(NC(=O)c1ccc(CN2C(=O)CCC2=O)cc1)C1CC1.Cl. The van der Waals surface area contributed by atoms with Crippen molar-refractivity contribution in [2.45, 2.75) is 44.7 Å². The van der Waals surface area contributed by atoms with Crippen LogP contribution in [0.5, 0.6) is 0 Å². The minimum atomic E-state index is -0.357. The third kappa shape index (κ3) is 4.19. The normalized spacial score (nSPS) is 19.4. The Balaban J connectivity index is 0.00000225. The van der Waals surface area contributed by atoms with Crippen molar-refractivity contribution in [2.75, 3.05) is 6.54 Å². The molecule has 1 aliphatic carbocycles. The Morgan fingerprint density at radius 2 is 1.76 bits per heavy atom. The molecule has 136 valence electrons. The Morgan fingerprint density at radius 3 is 2.24 bits per heavy atom. The Morgan fingerprint density at radius 1 is 1.20 bits per heavy atom. The summed E-state index contributed by atoms with van der Waals surface area (Å²) in [4.78, 5) is 37.0. The number of nitrogens with two attached hydrogens (primary N) is 1. The summed E-state index contributed by atoms with van der Waals surface area (Å²) in [6.45, 7) is 2.67. The van der Waals surface area contributed by atoms with Gasteiger partial charge in [0.1, 0.15) is 0 Å². The molecule has 7 heteroatoms. The Hall–Kier alpha value is -1.92. The van der Waals surface area contributed by atoms with Crippen molar-refractivity contribution >= 4 is 30.1 Å². The second kappa shape index (κ2) is 7.54. The zero-order valence-electron chi connectivity index (χ0n) is 14.3. The Kier molecular flexibility index (Phi) is 5.85. The summed E-state index contributed by atoms with van der Waals surface area (Å²) in [6.07, 6.45) is 2.78. The van der Waals surface area contributed by atoms with Crippen LogP contribution in [0, 0.1) is 5.92 Å². The van der Waals surface area contributed by atoms with Crippen LogP contribution in [0.2, 0.25) is 0 Å². The molecule has 1 aliphatic heterocycles. The lowest BCUT2D eigenvalue weighted by molar-refractivity contribution is -0.139. The summed E-state index contributed by atoms with van der Waals surface area (Å²) >= 11 is 0. The van der Waals surface area contributed by atoms with Gasteiger partial charge in [0.2, 0.25) is 11.8 Å². The molecule has 25 heavy (non-hydrogen) atoms. The van der Waals surface area contributed by atoms with E-state index in [9.17, 15) is 14.4 Å². The average Bonchev–Trinajstić information content (AvgIpc) is 3.39. The van der Waals surface area contributed by atoms with E-state index in [-0.39, 0.29) is 55.1 Å². The van der Waals surface area contributed by atoms with Crippen molar-refractivity contribution < 1.29 is 14.4 Å². The van der Waals surface area contributed by atoms with Gasteiger partial charge in [0.05, 0.1) is 12.1 Å². The Bertz CT molecular complexity index is 657. The highest BCUT2D eigenvalue weighted by Crippen LogP contribution is 2.39. The molecule has 1 aromatic rings. The number of hydrogen-bond donors (Lipinski definition) is 2. The van der Waals surface area contributed by atoms with E-state index in [1.165, 1.54) is 4.90 Å². The highest BCUT2D eigenvalue weighted by molar-refractivity contribution is 6.01. The van der Waals surface area contributed by atoms with Crippen LogP contribution < -0.4 is 11.1 Å². The maximum Gasteiger partial charge on any atom is 0.251 e. The van der Waals surface area contributed by atoms with Crippen LogP contribution >= 0.6 is 12.4 Å². The monoisotopic (exact) mass is 365 g/mol. The number of likely N-dealkylation sites (tertiary alicyclic amines) is 1. The van der Waals surface area contributed by atoms with Gasteiger partial charge < -0.3 is 11.1 Å². The van der Waals surface area contributed by atoms with E-state index < -0.39 is 0 Å². The van der Waals surface area contributed by atoms with Crippen LogP contribution in [0.15, 0.2) is 24.3 Å². The fraction of sp³-hybridized carbons (Fsp3) is 0.500. The molecule has 6 nitrogen and oxygen atoms in total.